The van der Waals surface area contributed by atoms with Gasteiger partial charge in [0.25, 0.3) is 11.8 Å². The minimum Gasteiger partial charge on any atom is -0.267 e. The first-order valence-electron chi connectivity index (χ1n) is 5.79. The lowest BCUT2D eigenvalue weighted by Gasteiger charge is -2.09. The number of benzene rings is 2. The smallest absolute Gasteiger partial charge is 0.267 e. The van der Waals surface area contributed by atoms with E-state index >= 15 is 0 Å². The summed E-state index contributed by atoms with van der Waals surface area (Å²) >= 11 is 3.09. The van der Waals surface area contributed by atoms with E-state index in [1.807, 2.05) is 0 Å². The van der Waals surface area contributed by atoms with E-state index in [1.165, 1.54) is 30.3 Å². The van der Waals surface area contributed by atoms with Gasteiger partial charge in [-0.3, -0.25) is 20.4 Å². The standard InChI is InChI=1S/C14H9BrF2N2O2/c15-11-6-5-8(16)7-10(11)14(21)19-18-13(20)9-3-1-2-4-12(9)17/h1-7H,(H,18,20)(H,19,21). The van der Waals surface area contributed by atoms with Gasteiger partial charge >= 0.3 is 0 Å². The van der Waals surface area contributed by atoms with Crippen molar-refractivity contribution in [2.24, 2.45) is 0 Å². The molecule has 0 saturated heterocycles. The molecule has 0 spiro atoms. The number of nitrogens with one attached hydrogen (secondary N) is 2. The molecule has 0 saturated carbocycles. The lowest BCUT2D eigenvalue weighted by Crippen LogP contribution is -2.42. The topological polar surface area (TPSA) is 58.2 Å². The molecule has 2 amide bonds. The molecule has 2 aromatic rings. The Morgan fingerprint density at radius 2 is 1.52 bits per heavy atom. The summed E-state index contributed by atoms with van der Waals surface area (Å²) in [7, 11) is 0. The zero-order chi connectivity index (χ0) is 15.4. The van der Waals surface area contributed by atoms with Crippen molar-refractivity contribution in [3.05, 3.63) is 69.7 Å². The number of rotatable bonds is 2. The fraction of sp³-hybridized carbons (Fsp3) is 0. The highest BCUT2D eigenvalue weighted by molar-refractivity contribution is 9.10. The molecular formula is C14H9BrF2N2O2. The van der Waals surface area contributed by atoms with E-state index in [0.29, 0.717) is 4.47 Å². The molecule has 0 bridgehead atoms. The van der Waals surface area contributed by atoms with Crippen LogP contribution in [0.25, 0.3) is 0 Å². The Morgan fingerprint density at radius 1 is 0.905 bits per heavy atom. The van der Waals surface area contributed by atoms with Gasteiger partial charge in [-0.15, -0.1) is 0 Å². The summed E-state index contributed by atoms with van der Waals surface area (Å²) < 4.78 is 26.8. The molecule has 0 aliphatic heterocycles. The van der Waals surface area contributed by atoms with Crippen molar-refractivity contribution >= 4 is 27.7 Å². The Hall–Kier alpha value is -2.28. The molecule has 2 rings (SSSR count). The van der Waals surface area contributed by atoms with Gasteiger partial charge in [-0.2, -0.15) is 0 Å². The summed E-state index contributed by atoms with van der Waals surface area (Å²) in [6.45, 7) is 0. The summed E-state index contributed by atoms with van der Waals surface area (Å²) in [4.78, 5) is 23.5. The molecular weight excluding hydrogens is 346 g/mol. The first-order chi connectivity index (χ1) is 9.99. The average Bonchev–Trinajstić information content (AvgIpc) is 2.47. The minimum atomic E-state index is -0.811. The van der Waals surface area contributed by atoms with Gasteiger partial charge in [0.1, 0.15) is 11.6 Å². The Labute approximate surface area is 127 Å². The number of hydrogen-bond donors (Lipinski definition) is 2. The van der Waals surface area contributed by atoms with E-state index in [9.17, 15) is 18.4 Å². The molecule has 0 atom stereocenters. The summed E-state index contributed by atoms with van der Waals surface area (Å²) in [5.74, 6) is -2.85. The Morgan fingerprint density at radius 3 is 2.19 bits per heavy atom. The molecule has 2 N–H and O–H groups in total. The zero-order valence-electron chi connectivity index (χ0n) is 10.5. The van der Waals surface area contributed by atoms with Crippen molar-refractivity contribution in [3.63, 3.8) is 0 Å². The van der Waals surface area contributed by atoms with Crippen molar-refractivity contribution in [2.45, 2.75) is 0 Å². The Balaban J connectivity index is 2.06. The minimum absolute atomic E-state index is 0.00355. The van der Waals surface area contributed by atoms with Gasteiger partial charge in [0.2, 0.25) is 0 Å². The third kappa shape index (κ3) is 3.63. The number of halogens is 3. The van der Waals surface area contributed by atoms with Crippen LogP contribution < -0.4 is 10.9 Å². The van der Waals surface area contributed by atoms with Gasteiger partial charge < -0.3 is 0 Å². The monoisotopic (exact) mass is 354 g/mol. The zero-order valence-corrected chi connectivity index (χ0v) is 12.1. The van der Waals surface area contributed by atoms with Gasteiger partial charge in [-0.25, -0.2) is 8.78 Å². The summed E-state index contributed by atoms with van der Waals surface area (Å²) in [5.41, 5.74) is 3.95. The van der Waals surface area contributed by atoms with Gasteiger partial charge in [0, 0.05) is 4.47 Å². The van der Waals surface area contributed by atoms with Crippen molar-refractivity contribution in [2.75, 3.05) is 0 Å². The van der Waals surface area contributed by atoms with Crippen LogP contribution in [0, 0.1) is 11.6 Å². The highest BCUT2D eigenvalue weighted by atomic mass is 79.9. The van der Waals surface area contributed by atoms with Crippen LogP contribution in [-0.2, 0) is 0 Å². The van der Waals surface area contributed by atoms with Gasteiger partial charge in [-0.05, 0) is 46.3 Å². The highest BCUT2D eigenvalue weighted by Gasteiger charge is 2.14. The second kappa shape index (κ2) is 6.45. The lowest BCUT2D eigenvalue weighted by molar-refractivity contribution is 0.0843. The average molecular weight is 355 g/mol. The van der Waals surface area contributed by atoms with E-state index in [1.54, 1.807) is 0 Å². The number of amides is 2. The molecule has 0 fully saturated rings. The first-order valence-corrected chi connectivity index (χ1v) is 6.58. The second-order valence-corrected chi connectivity index (χ2v) is 4.87. The second-order valence-electron chi connectivity index (χ2n) is 4.01. The Kier molecular flexibility index (Phi) is 4.64. The third-order valence-electron chi connectivity index (χ3n) is 2.58. The molecule has 21 heavy (non-hydrogen) atoms. The maximum absolute atomic E-state index is 13.4. The van der Waals surface area contributed by atoms with Crippen molar-refractivity contribution in [3.8, 4) is 0 Å². The maximum atomic E-state index is 13.4. The predicted molar refractivity (Wildman–Crippen MR) is 75.4 cm³/mol. The number of hydrogen-bond acceptors (Lipinski definition) is 2. The fourth-order valence-electron chi connectivity index (χ4n) is 1.57. The van der Waals surface area contributed by atoms with E-state index < -0.39 is 23.4 Å². The largest absolute Gasteiger partial charge is 0.272 e. The molecule has 0 heterocycles. The molecule has 2 aromatic carbocycles. The fourth-order valence-corrected chi connectivity index (χ4v) is 1.99. The van der Waals surface area contributed by atoms with Crippen LogP contribution >= 0.6 is 15.9 Å². The molecule has 4 nitrogen and oxygen atoms in total. The molecule has 0 aliphatic carbocycles. The van der Waals surface area contributed by atoms with Gasteiger partial charge in [-0.1, -0.05) is 12.1 Å². The number of carbonyl (C=O) groups excluding carboxylic acids is 2. The maximum Gasteiger partial charge on any atom is 0.272 e. The molecule has 0 radical (unpaired) electrons. The molecule has 0 aromatic heterocycles. The SMILES string of the molecule is O=C(NNC(=O)c1cc(F)ccc1Br)c1ccccc1F. The first kappa shape index (κ1) is 15.1. The van der Waals surface area contributed by atoms with Crippen LogP contribution in [0.2, 0.25) is 0 Å². The Bertz CT molecular complexity index is 707. The highest BCUT2D eigenvalue weighted by Crippen LogP contribution is 2.17. The third-order valence-corrected chi connectivity index (χ3v) is 3.27. The van der Waals surface area contributed by atoms with E-state index in [4.69, 9.17) is 0 Å². The van der Waals surface area contributed by atoms with Crippen LogP contribution in [0.15, 0.2) is 46.9 Å². The quantitative estimate of drug-likeness (QED) is 0.814. The van der Waals surface area contributed by atoms with Crippen LogP contribution in [-0.4, -0.2) is 11.8 Å². The normalized spacial score (nSPS) is 10.0. The van der Waals surface area contributed by atoms with Crippen LogP contribution in [0.5, 0.6) is 0 Å². The summed E-state index contributed by atoms with van der Waals surface area (Å²) in [6.07, 6.45) is 0. The van der Waals surface area contributed by atoms with E-state index in [2.05, 4.69) is 26.8 Å². The predicted octanol–water partition coefficient (Wildman–Crippen LogP) is 2.80. The number of hydrazine groups is 1. The molecule has 7 heteroatoms. The van der Waals surface area contributed by atoms with Crippen molar-refractivity contribution in [1.29, 1.82) is 0 Å². The molecule has 0 unspecified atom stereocenters. The van der Waals surface area contributed by atoms with E-state index in [-0.39, 0.29) is 11.1 Å². The molecule has 0 aliphatic rings. The van der Waals surface area contributed by atoms with E-state index in [0.717, 1.165) is 12.1 Å². The van der Waals surface area contributed by atoms with Crippen LogP contribution in [0.3, 0.4) is 0 Å². The number of carbonyl (C=O) groups is 2. The lowest BCUT2D eigenvalue weighted by atomic mass is 10.2. The van der Waals surface area contributed by atoms with Crippen molar-refractivity contribution in [1.82, 2.24) is 10.9 Å². The summed E-state index contributed by atoms with van der Waals surface area (Å²) in [5, 5.41) is 0. The molecule has 108 valence electrons. The van der Waals surface area contributed by atoms with Gasteiger partial charge in [0.05, 0.1) is 11.1 Å². The van der Waals surface area contributed by atoms with Gasteiger partial charge in [0.15, 0.2) is 0 Å². The van der Waals surface area contributed by atoms with Crippen LogP contribution in [0.1, 0.15) is 20.7 Å². The van der Waals surface area contributed by atoms with Crippen molar-refractivity contribution < 1.29 is 18.4 Å². The van der Waals surface area contributed by atoms with Crippen LogP contribution in [0.4, 0.5) is 8.78 Å². The summed E-state index contributed by atoms with van der Waals surface area (Å²) in [6, 6.07) is 8.88.